The van der Waals surface area contributed by atoms with Gasteiger partial charge in [-0.2, -0.15) is 0 Å². The normalized spacial score (nSPS) is 19.6. The lowest BCUT2D eigenvalue weighted by Crippen LogP contribution is -2.53. The summed E-state index contributed by atoms with van der Waals surface area (Å²) in [5.41, 5.74) is 2.18. The fourth-order valence-corrected chi connectivity index (χ4v) is 5.41. The quantitative estimate of drug-likeness (QED) is 0.314. The summed E-state index contributed by atoms with van der Waals surface area (Å²) >= 11 is 0. The average molecular weight is 628 g/mol. The van der Waals surface area contributed by atoms with Gasteiger partial charge in [0.15, 0.2) is 0 Å². The Labute approximate surface area is 271 Å². The fourth-order valence-electron chi connectivity index (χ4n) is 5.41. The molecule has 0 bridgehead atoms. The molecule has 1 heterocycles. The van der Waals surface area contributed by atoms with Gasteiger partial charge in [0.25, 0.3) is 5.91 Å². The van der Waals surface area contributed by atoms with E-state index in [2.05, 4.69) is 16.0 Å². The highest BCUT2D eigenvalue weighted by Crippen LogP contribution is 2.21. The SMILES string of the molecule is CN(C)CCCNC(=O)[C@@H]1CCC(=O)N[C@@H](Cc2ccccc2)C(=O)N(C)[C@H](Cc2ccccc2)COc2ccccc2C(=O)N1. The van der Waals surface area contributed by atoms with E-state index in [0.29, 0.717) is 25.1 Å². The van der Waals surface area contributed by atoms with Crippen molar-refractivity contribution >= 4 is 23.6 Å². The van der Waals surface area contributed by atoms with Crippen LogP contribution >= 0.6 is 0 Å². The molecule has 0 spiro atoms. The predicted octanol–water partition coefficient (Wildman–Crippen LogP) is 2.82. The number of carbonyl (C=O) groups is 4. The van der Waals surface area contributed by atoms with E-state index in [1.165, 1.54) is 0 Å². The molecule has 0 unspecified atom stereocenters. The molecular weight excluding hydrogens is 582 g/mol. The molecule has 3 aromatic carbocycles. The number of para-hydroxylation sites is 1. The van der Waals surface area contributed by atoms with Crippen LogP contribution < -0.4 is 20.7 Å². The van der Waals surface area contributed by atoms with E-state index < -0.39 is 24.0 Å². The van der Waals surface area contributed by atoms with Crippen molar-refractivity contribution in [2.45, 2.75) is 50.2 Å². The maximum absolute atomic E-state index is 14.1. The van der Waals surface area contributed by atoms with E-state index in [1.54, 1.807) is 36.2 Å². The number of ether oxygens (including phenoxy) is 1. The molecule has 0 fully saturated rings. The number of benzene rings is 3. The monoisotopic (exact) mass is 627 g/mol. The molecular formula is C36H45N5O5. The summed E-state index contributed by atoms with van der Waals surface area (Å²) in [5.74, 6) is -1.15. The lowest BCUT2D eigenvalue weighted by molar-refractivity contribution is -0.137. The Morgan fingerprint density at radius 2 is 1.52 bits per heavy atom. The lowest BCUT2D eigenvalue weighted by Gasteiger charge is -2.32. The van der Waals surface area contributed by atoms with Gasteiger partial charge in [-0.1, -0.05) is 72.8 Å². The van der Waals surface area contributed by atoms with Crippen LogP contribution in [0, 0.1) is 0 Å². The van der Waals surface area contributed by atoms with Crippen molar-refractivity contribution in [2.24, 2.45) is 0 Å². The number of likely N-dealkylation sites (N-methyl/N-ethyl adjacent to an activating group) is 1. The van der Waals surface area contributed by atoms with Gasteiger partial charge >= 0.3 is 0 Å². The molecule has 1 aliphatic heterocycles. The predicted molar refractivity (Wildman–Crippen MR) is 177 cm³/mol. The minimum absolute atomic E-state index is 0.0544. The second kappa shape index (κ2) is 17.1. The molecule has 4 amide bonds. The van der Waals surface area contributed by atoms with Crippen molar-refractivity contribution in [3.8, 4) is 5.75 Å². The summed E-state index contributed by atoms with van der Waals surface area (Å²) < 4.78 is 6.26. The molecule has 10 heteroatoms. The maximum Gasteiger partial charge on any atom is 0.255 e. The Kier molecular flexibility index (Phi) is 12.7. The third-order valence-corrected chi connectivity index (χ3v) is 8.05. The first-order chi connectivity index (χ1) is 22.2. The van der Waals surface area contributed by atoms with Crippen molar-refractivity contribution in [1.82, 2.24) is 25.8 Å². The van der Waals surface area contributed by atoms with Crippen molar-refractivity contribution in [1.29, 1.82) is 0 Å². The molecule has 3 aromatic rings. The Bertz CT molecular complexity index is 1450. The van der Waals surface area contributed by atoms with Crippen LogP contribution in [0.15, 0.2) is 84.9 Å². The first kappa shape index (κ1) is 34.2. The van der Waals surface area contributed by atoms with Gasteiger partial charge in [0.2, 0.25) is 17.7 Å². The summed E-state index contributed by atoms with van der Waals surface area (Å²) in [5, 5.41) is 8.66. The van der Waals surface area contributed by atoms with Crippen molar-refractivity contribution < 1.29 is 23.9 Å². The minimum atomic E-state index is -0.965. The summed E-state index contributed by atoms with van der Waals surface area (Å²) in [6.07, 6.45) is 1.52. The van der Waals surface area contributed by atoms with Gasteiger partial charge in [0.1, 0.15) is 24.4 Å². The zero-order valence-electron chi connectivity index (χ0n) is 26.9. The zero-order chi connectivity index (χ0) is 32.9. The van der Waals surface area contributed by atoms with E-state index >= 15 is 0 Å². The summed E-state index contributed by atoms with van der Waals surface area (Å²) in [6.45, 7) is 1.32. The van der Waals surface area contributed by atoms with Crippen LogP contribution in [0.25, 0.3) is 0 Å². The second-order valence-electron chi connectivity index (χ2n) is 11.9. The van der Waals surface area contributed by atoms with Gasteiger partial charge < -0.3 is 30.5 Å². The van der Waals surface area contributed by atoms with Crippen LogP contribution in [-0.2, 0) is 27.2 Å². The van der Waals surface area contributed by atoms with E-state index in [4.69, 9.17) is 4.74 Å². The number of nitrogens with one attached hydrogen (secondary N) is 3. The maximum atomic E-state index is 14.1. The van der Waals surface area contributed by atoms with Gasteiger partial charge in [-0.3, -0.25) is 19.2 Å². The third kappa shape index (κ3) is 10.2. The Morgan fingerprint density at radius 3 is 2.20 bits per heavy atom. The van der Waals surface area contributed by atoms with Crippen LogP contribution in [0.2, 0.25) is 0 Å². The smallest absolute Gasteiger partial charge is 0.255 e. The molecule has 3 N–H and O–H groups in total. The fraction of sp³-hybridized carbons (Fsp3) is 0.389. The summed E-state index contributed by atoms with van der Waals surface area (Å²) in [7, 11) is 5.63. The zero-order valence-corrected chi connectivity index (χ0v) is 26.9. The lowest BCUT2D eigenvalue weighted by atomic mass is 10.0. The molecule has 46 heavy (non-hydrogen) atoms. The largest absolute Gasteiger partial charge is 0.491 e. The van der Waals surface area contributed by atoms with Gasteiger partial charge in [0, 0.05) is 26.4 Å². The average Bonchev–Trinajstić information content (AvgIpc) is 3.06. The first-order valence-electron chi connectivity index (χ1n) is 15.8. The highest BCUT2D eigenvalue weighted by molar-refractivity contribution is 5.99. The molecule has 244 valence electrons. The molecule has 0 aliphatic carbocycles. The Morgan fingerprint density at radius 1 is 0.891 bits per heavy atom. The second-order valence-corrected chi connectivity index (χ2v) is 11.9. The van der Waals surface area contributed by atoms with Crippen LogP contribution in [0.1, 0.15) is 40.7 Å². The van der Waals surface area contributed by atoms with E-state index in [9.17, 15) is 19.2 Å². The molecule has 0 radical (unpaired) electrons. The summed E-state index contributed by atoms with van der Waals surface area (Å²) in [4.78, 5) is 58.0. The van der Waals surface area contributed by atoms with Crippen LogP contribution in [0.4, 0.5) is 0 Å². The van der Waals surface area contributed by atoms with E-state index in [0.717, 1.165) is 24.1 Å². The van der Waals surface area contributed by atoms with Gasteiger partial charge in [0.05, 0.1) is 11.6 Å². The Balaban J connectivity index is 1.65. The molecule has 0 saturated carbocycles. The molecule has 4 rings (SSSR count). The molecule has 10 nitrogen and oxygen atoms in total. The molecule has 1 aliphatic rings. The number of carbonyl (C=O) groups excluding carboxylic acids is 4. The first-order valence-corrected chi connectivity index (χ1v) is 15.8. The van der Waals surface area contributed by atoms with Crippen LogP contribution in [0.5, 0.6) is 5.75 Å². The molecule has 0 saturated heterocycles. The highest BCUT2D eigenvalue weighted by atomic mass is 16.5. The van der Waals surface area contributed by atoms with E-state index in [1.807, 2.05) is 79.7 Å². The van der Waals surface area contributed by atoms with Gasteiger partial charge in [-0.25, -0.2) is 0 Å². The molecule has 0 aromatic heterocycles. The van der Waals surface area contributed by atoms with Crippen molar-refractivity contribution in [2.75, 3.05) is 40.8 Å². The number of amides is 4. The van der Waals surface area contributed by atoms with Crippen molar-refractivity contribution in [3.63, 3.8) is 0 Å². The number of nitrogens with zero attached hydrogens (tertiary/aromatic N) is 2. The minimum Gasteiger partial charge on any atom is -0.491 e. The number of rotatable bonds is 9. The number of hydrogen-bond acceptors (Lipinski definition) is 6. The third-order valence-electron chi connectivity index (χ3n) is 8.05. The number of hydrogen-bond donors (Lipinski definition) is 3. The van der Waals surface area contributed by atoms with Crippen molar-refractivity contribution in [3.05, 3.63) is 102 Å². The van der Waals surface area contributed by atoms with Gasteiger partial charge in [-0.15, -0.1) is 0 Å². The van der Waals surface area contributed by atoms with Crippen LogP contribution in [0.3, 0.4) is 0 Å². The van der Waals surface area contributed by atoms with Gasteiger partial charge in [-0.05, 0) is 63.2 Å². The summed E-state index contributed by atoms with van der Waals surface area (Å²) in [6, 6.07) is 23.9. The number of fused-ring (bicyclic) bond motifs is 1. The standard InChI is InChI=1S/C36H45N5O5/c1-40(2)22-12-21-37-35(44)30-19-20-33(42)38-31(24-27-15-8-5-9-16-27)36(45)41(3)28(23-26-13-6-4-7-14-26)25-46-32-18-11-10-17-29(32)34(43)39-30/h4-11,13-18,28,30-31H,12,19-25H2,1-3H3,(H,37,44)(H,38,42)(H,39,43)/t28-,30+,31+/m1/s1. The molecule has 3 atom stereocenters. The van der Waals surface area contributed by atoms with Crippen LogP contribution in [-0.4, -0.2) is 92.4 Å². The Hall–Kier alpha value is -4.70. The highest BCUT2D eigenvalue weighted by Gasteiger charge is 2.31. The van der Waals surface area contributed by atoms with E-state index in [-0.39, 0.29) is 42.7 Å². The topological polar surface area (TPSA) is 120 Å².